The van der Waals surface area contributed by atoms with Gasteiger partial charge in [0.15, 0.2) is 17.3 Å². The molecule has 0 radical (unpaired) electrons. The lowest BCUT2D eigenvalue weighted by atomic mass is 10.1. The van der Waals surface area contributed by atoms with Crippen LogP contribution in [-0.2, 0) is 0 Å². The third kappa shape index (κ3) is 3.02. The van der Waals surface area contributed by atoms with Gasteiger partial charge in [-0.2, -0.15) is 0 Å². The van der Waals surface area contributed by atoms with Crippen LogP contribution in [0.3, 0.4) is 0 Å². The molecule has 0 saturated carbocycles. The van der Waals surface area contributed by atoms with E-state index in [0.717, 1.165) is 0 Å². The molecule has 0 aliphatic rings. The van der Waals surface area contributed by atoms with Crippen molar-refractivity contribution in [2.45, 2.75) is 6.92 Å². The molecule has 1 N–H and O–H groups in total. The standard InChI is InChI=1S/C11H14FNO2/c1-3-15-11-5-4-8(6-9(11)12)10(14)7-13-2/h4-6,13H,3,7H2,1-2H3. The van der Waals surface area contributed by atoms with Crippen molar-refractivity contribution in [3.8, 4) is 5.75 Å². The van der Waals surface area contributed by atoms with E-state index in [9.17, 15) is 9.18 Å². The Morgan fingerprint density at radius 2 is 2.27 bits per heavy atom. The largest absolute Gasteiger partial charge is 0.491 e. The molecule has 0 fully saturated rings. The number of rotatable bonds is 5. The molecule has 0 spiro atoms. The molecular formula is C11H14FNO2. The maximum atomic E-state index is 13.3. The molecule has 0 atom stereocenters. The predicted molar refractivity (Wildman–Crippen MR) is 55.8 cm³/mol. The summed E-state index contributed by atoms with van der Waals surface area (Å²) in [4.78, 5) is 11.4. The van der Waals surface area contributed by atoms with E-state index in [0.29, 0.717) is 12.2 Å². The minimum Gasteiger partial charge on any atom is -0.491 e. The molecule has 0 saturated heterocycles. The van der Waals surface area contributed by atoms with Crippen molar-refractivity contribution >= 4 is 5.78 Å². The number of nitrogens with one attached hydrogen (secondary N) is 1. The van der Waals surface area contributed by atoms with Crippen molar-refractivity contribution in [1.29, 1.82) is 0 Å². The Kier molecular flexibility index (Phi) is 4.24. The van der Waals surface area contributed by atoms with Crippen molar-refractivity contribution < 1.29 is 13.9 Å². The first-order valence-electron chi connectivity index (χ1n) is 4.79. The zero-order valence-electron chi connectivity index (χ0n) is 8.84. The van der Waals surface area contributed by atoms with Gasteiger partial charge in [0.25, 0.3) is 0 Å². The van der Waals surface area contributed by atoms with Crippen LogP contribution in [0.4, 0.5) is 4.39 Å². The van der Waals surface area contributed by atoms with Crippen LogP contribution in [0.25, 0.3) is 0 Å². The molecule has 82 valence electrons. The smallest absolute Gasteiger partial charge is 0.176 e. The number of likely N-dealkylation sites (N-methyl/N-ethyl adjacent to an activating group) is 1. The fourth-order valence-corrected chi connectivity index (χ4v) is 1.21. The van der Waals surface area contributed by atoms with Crippen LogP contribution in [0, 0.1) is 5.82 Å². The van der Waals surface area contributed by atoms with Gasteiger partial charge < -0.3 is 10.1 Å². The topological polar surface area (TPSA) is 38.3 Å². The normalized spacial score (nSPS) is 10.1. The number of benzene rings is 1. The lowest BCUT2D eigenvalue weighted by Gasteiger charge is -2.06. The number of ketones is 1. The first kappa shape index (κ1) is 11.7. The van der Waals surface area contributed by atoms with Gasteiger partial charge in [-0.25, -0.2) is 4.39 Å². The van der Waals surface area contributed by atoms with E-state index in [1.807, 2.05) is 0 Å². The van der Waals surface area contributed by atoms with Crippen LogP contribution in [0.5, 0.6) is 5.75 Å². The summed E-state index contributed by atoms with van der Waals surface area (Å²) >= 11 is 0. The summed E-state index contributed by atoms with van der Waals surface area (Å²) in [7, 11) is 1.67. The first-order valence-corrected chi connectivity index (χ1v) is 4.79. The summed E-state index contributed by atoms with van der Waals surface area (Å²) in [6.45, 7) is 2.38. The summed E-state index contributed by atoms with van der Waals surface area (Å²) in [5.41, 5.74) is 0.352. The summed E-state index contributed by atoms with van der Waals surface area (Å²) in [6.07, 6.45) is 0. The van der Waals surface area contributed by atoms with Crippen molar-refractivity contribution in [3.05, 3.63) is 29.6 Å². The van der Waals surface area contributed by atoms with E-state index < -0.39 is 5.82 Å². The van der Waals surface area contributed by atoms with E-state index in [2.05, 4.69) is 5.32 Å². The van der Waals surface area contributed by atoms with Gasteiger partial charge in [-0.1, -0.05) is 0 Å². The Balaban J connectivity index is 2.86. The molecule has 0 amide bonds. The molecule has 1 aromatic carbocycles. The summed E-state index contributed by atoms with van der Waals surface area (Å²) in [6, 6.07) is 4.24. The van der Waals surface area contributed by atoms with Crippen LogP contribution in [0.2, 0.25) is 0 Å². The minimum atomic E-state index is -0.501. The number of hydrogen-bond acceptors (Lipinski definition) is 3. The Labute approximate surface area is 88.2 Å². The maximum Gasteiger partial charge on any atom is 0.176 e. The van der Waals surface area contributed by atoms with Crippen LogP contribution in [-0.4, -0.2) is 26.0 Å². The SMILES string of the molecule is CCOc1ccc(C(=O)CNC)cc1F. The lowest BCUT2D eigenvalue weighted by Crippen LogP contribution is -2.18. The highest BCUT2D eigenvalue weighted by atomic mass is 19.1. The fourth-order valence-electron chi connectivity index (χ4n) is 1.21. The van der Waals surface area contributed by atoms with Gasteiger partial charge in [0.1, 0.15) is 0 Å². The second kappa shape index (κ2) is 5.46. The molecule has 0 unspecified atom stereocenters. The molecule has 4 heteroatoms. The van der Waals surface area contributed by atoms with E-state index in [1.54, 1.807) is 20.0 Å². The van der Waals surface area contributed by atoms with Gasteiger partial charge >= 0.3 is 0 Å². The molecular weight excluding hydrogens is 197 g/mol. The highest BCUT2D eigenvalue weighted by Gasteiger charge is 2.09. The van der Waals surface area contributed by atoms with E-state index in [4.69, 9.17) is 4.74 Å². The van der Waals surface area contributed by atoms with Crippen molar-refractivity contribution in [1.82, 2.24) is 5.32 Å². The van der Waals surface area contributed by atoms with Crippen LogP contribution in [0.15, 0.2) is 18.2 Å². The van der Waals surface area contributed by atoms with Crippen LogP contribution in [0.1, 0.15) is 17.3 Å². The van der Waals surface area contributed by atoms with Gasteiger partial charge in [0.2, 0.25) is 0 Å². The number of hydrogen-bond donors (Lipinski definition) is 1. The molecule has 0 aliphatic carbocycles. The van der Waals surface area contributed by atoms with E-state index >= 15 is 0 Å². The average molecular weight is 211 g/mol. The molecule has 0 aliphatic heterocycles. The Hall–Kier alpha value is -1.42. The maximum absolute atomic E-state index is 13.3. The average Bonchev–Trinajstić information content (AvgIpc) is 2.21. The van der Waals surface area contributed by atoms with E-state index in [-0.39, 0.29) is 18.1 Å². The minimum absolute atomic E-state index is 0.139. The van der Waals surface area contributed by atoms with Crippen molar-refractivity contribution in [2.75, 3.05) is 20.2 Å². The van der Waals surface area contributed by atoms with Crippen LogP contribution < -0.4 is 10.1 Å². The Morgan fingerprint density at radius 1 is 1.53 bits per heavy atom. The van der Waals surface area contributed by atoms with Crippen LogP contribution >= 0.6 is 0 Å². The third-order valence-corrected chi connectivity index (χ3v) is 1.89. The summed E-state index contributed by atoms with van der Waals surface area (Å²) < 4.78 is 18.4. The molecule has 0 heterocycles. The zero-order chi connectivity index (χ0) is 11.3. The van der Waals surface area contributed by atoms with Gasteiger partial charge in [0, 0.05) is 5.56 Å². The number of carbonyl (C=O) groups excluding carboxylic acids is 1. The number of ether oxygens (including phenoxy) is 1. The predicted octanol–water partition coefficient (Wildman–Crippen LogP) is 1.63. The Morgan fingerprint density at radius 3 is 2.80 bits per heavy atom. The van der Waals surface area contributed by atoms with Crippen molar-refractivity contribution in [3.63, 3.8) is 0 Å². The van der Waals surface area contributed by atoms with Gasteiger partial charge in [-0.05, 0) is 32.2 Å². The van der Waals surface area contributed by atoms with Gasteiger partial charge in [0.05, 0.1) is 13.2 Å². The third-order valence-electron chi connectivity index (χ3n) is 1.89. The number of carbonyl (C=O) groups is 1. The van der Waals surface area contributed by atoms with Gasteiger partial charge in [-0.3, -0.25) is 4.79 Å². The fraction of sp³-hybridized carbons (Fsp3) is 0.364. The molecule has 15 heavy (non-hydrogen) atoms. The molecule has 0 aromatic heterocycles. The molecule has 1 rings (SSSR count). The highest BCUT2D eigenvalue weighted by Crippen LogP contribution is 2.18. The molecule has 1 aromatic rings. The molecule has 0 bridgehead atoms. The lowest BCUT2D eigenvalue weighted by molar-refractivity contribution is 0.0993. The zero-order valence-corrected chi connectivity index (χ0v) is 8.84. The second-order valence-corrected chi connectivity index (χ2v) is 3.03. The van der Waals surface area contributed by atoms with Crippen molar-refractivity contribution in [2.24, 2.45) is 0 Å². The monoisotopic (exact) mass is 211 g/mol. The quantitative estimate of drug-likeness (QED) is 0.752. The summed E-state index contributed by atoms with van der Waals surface area (Å²) in [5.74, 6) is -0.461. The summed E-state index contributed by atoms with van der Waals surface area (Å²) in [5, 5.41) is 2.72. The highest BCUT2D eigenvalue weighted by molar-refractivity contribution is 5.97. The van der Waals surface area contributed by atoms with E-state index in [1.165, 1.54) is 12.1 Å². The number of halogens is 1. The Bertz CT molecular complexity index is 352. The molecule has 3 nitrogen and oxygen atoms in total. The second-order valence-electron chi connectivity index (χ2n) is 3.03. The number of Topliss-reactive ketones (excluding diaryl/α,β-unsaturated/α-hetero) is 1. The van der Waals surface area contributed by atoms with Gasteiger partial charge in [-0.15, -0.1) is 0 Å². The first-order chi connectivity index (χ1) is 7.19.